The van der Waals surface area contributed by atoms with E-state index in [4.69, 9.17) is 20.7 Å². The smallest absolute Gasteiger partial charge is 0.341 e. The Balaban J connectivity index is 2.63. The molecular formula is C12H14N2O6. The second-order valence-corrected chi connectivity index (χ2v) is 3.90. The Bertz CT molecular complexity index is 516. The first kappa shape index (κ1) is 15.4. The van der Waals surface area contributed by atoms with Crippen LogP contribution in [0.3, 0.4) is 0 Å². The molecule has 0 aromatic heterocycles. The third-order valence-electron chi connectivity index (χ3n) is 2.20. The third-order valence-corrected chi connectivity index (χ3v) is 2.20. The molecule has 0 radical (unpaired) electrons. The summed E-state index contributed by atoms with van der Waals surface area (Å²) in [6.07, 6.45) is -0.485. The zero-order valence-electron chi connectivity index (χ0n) is 10.4. The lowest BCUT2D eigenvalue weighted by Gasteiger charge is -2.11. The second-order valence-electron chi connectivity index (χ2n) is 3.90. The highest BCUT2D eigenvalue weighted by molar-refractivity contribution is 5.96. The molecule has 8 heteroatoms. The molecule has 1 rings (SSSR count). The van der Waals surface area contributed by atoms with Gasteiger partial charge in [0, 0.05) is 11.8 Å². The number of aliphatic carboxylic acids is 2. The van der Waals surface area contributed by atoms with Crippen LogP contribution in [0.15, 0.2) is 24.3 Å². The van der Waals surface area contributed by atoms with E-state index in [1.54, 1.807) is 12.1 Å². The highest BCUT2D eigenvalue weighted by atomic mass is 16.5. The van der Waals surface area contributed by atoms with Gasteiger partial charge >= 0.3 is 11.9 Å². The molecule has 0 aliphatic heterocycles. The number of anilines is 1. The molecule has 1 unspecified atom stereocenters. The number of amides is 1. The molecule has 1 amide bonds. The van der Waals surface area contributed by atoms with Crippen LogP contribution in [-0.2, 0) is 14.4 Å². The summed E-state index contributed by atoms with van der Waals surface area (Å²) in [4.78, 5) is 32.4. The van der Waals surface area contributed by atoms with Gasteiger partial charge in [-0.05, 0) is 12.1 Å². The van der Waals surface area contributed by atoms with Gasteiger partial charge in [0.2, 0.25) is 5.91 Å². The summed E-state index contributed by atoms with van der Waals surface area (Å²) in [7, 11) is 0. The van der Waals surface area contributed by atoms with Gasteiger partial charge in [-0.15, -0.1) is 0 Å². The molecule has 1 aromatic carbocycles. The normalized spacial score (nSPS) is 11.4. The molecule has 0 spiro atoms. The van der Waals surface area contributed by atoms with Gasteiger partial charge in [-0.3, -0.25) is 9.59 Å². The molecule has 0 saturated heterocycles. The highest BCUT2D eigenvalue weighted by Crippen LogP contribution is 2.17. The van der Waals surface area contributed by atoms with E-state index in [-0.39, 0.29) is 5.75 Å². The number of rotatable bonds is 7. The van der Waals surface area contributed by atoms with Gasteiger partial charge in [0.25, 0.3) is 0 Å². The van der Waals surface area contributed by atoms with Gasteiger partial charge < -0.3 is 26.0 Å². The van der Waals surface area contributed by atoms with Crippen LogP contribution in [0.1, 0.15) is 6.42 Å². The van der Waals surface area contributed by atoms with Crippen molar-refractivity contribution in [1.29, 1.82) is 0 Å². The first-order valence-corrected chi connectivity index (χ1v) is 5.61. The Labute approximate surface area is 114 Å². The number of carboxylic acid groups (broad SMARTS) is 2. The number of nitrogens with two attached hydrogens (primary N) is 1. The standard InChI is InChI=1S/C12H14N2O6/c13-9(5-10(15)16)12(19)14-7-2-1-3-8(4-7)20-6-11(17)18/h1-4,9H,5-6,13H2,(H,14,19)(H,15,16)(H,17,18). The van der Waals surface area contributed by atoms with Crippen LogP contribution in [0.2, 0.25) is 0 Å². The molecule has 0 aliphatic rings. The number of hydrogen-bond acceptors (Lipinski definition) is 5. The molecule has 8 nitrogen and oxygen atoms in total. The summed E-state index contributed by atoms with van der Waals surface area (Å²) in [6.45, 7) is -0.504. The summed E-state index contributed by atoms with van der Waals surface area (Å²) < 4.78 is 4.94. The number of carboxylic acids is 2. The second kappa shape index (κ2) is 7.10. The van der Waals surface area contributed by atoms with E-state index >= 15 is 0 Å². The van der Waals surface area contributed by atoms with E-state index in [0.717, 1.165) is 0 Å². The van der Waals surface area contributed by atoms with Crippen molar-refractivity contribution < 1.29 is 29.3 Å². The maximum atomic E-state index is 11.6. The fourth-order valence-electron chi connectivity index (χ4n) is 1.32. The number of ether oxygens (including phenoxy) is 1. The quantitative estimate of drug-likeness (QED) is 0.547. The molecule has 20 heavy (non-hydrogen) atoms. The summed E-state index contributed by atoms with van der Waals surface area (Å²) in [5.74, 6) is -2.69. The predicted octanol–water partition coefficient (Wildman–Crippen LogP) is -0.110. The van der Waals surface area contributed by atoms with Crippen LogP contribution in [0.4, 0.5) is 5.69 Å². The topological polar surface area (TPSA) is 139 Å². The minimum atomic E-state index is -1.17. The lowest BCUT2D eigenvalue weighted by molar-refractivity contribution is -0.139. The zero-order chi connectivity index (χ0) is 15.1. The largest absolute Gasteiger partial charge is 0.482 e. The lowest BCUT2D eigenvalue weighted by Crippen LogP contribution is -2.37. The van der Waals surface area contributed by atoms with Crippen molar-refractivity contribution in [2.45, 2.75) is 12.5 Å². The number of benzene rings is 1. The van der Waals surface area contributed by atoms with Gasteiger partial charge in [0.1, 0.15) is 5.75 Å². The molecule has 1 aromatic rings. The van der Waals surface area contributed by atoms with Crippen LogP contribution in [0, 0.1) is 0 Å². The number of carbonyl (C=O) groups excluding carboxylic acids is 1. The molecule has 1 atom stereocenters. The molecular weight excluding hydrogens is 268 g/mol. The number of nitrogens with one attached hydrogen (secondary N) is 1. The Kier molecular flexibility index (Phi) is 5.48. The van der Waals surface area contributed by atoms with Crippen molar-refractivity contribution in [2.24, 2.45) is 5.73 Å². The van der Waals surface area contributed by atoms with Crippen molar-refractivity contribution in [3.05, 3.63) is 24.3 Å². The van der Waals surface area contributed by atoms with Crippen LogP contribution in [0.5, 0.6) is 5.75 Å². The number of carbonyl (C=O) groups is 3. The van der Waals surface area contributed by atoms with Crippen LogP contribution >= 0.6 is 0 Å². The molecule has 0 bridgehead atoms. The van der Waals surface area contributed by atoms with E-state index < -0.39 is 36.9 Å². The van der Waals surface area contributed by atoms with Gasteiger partial charge in [-0.2, -0.15) is 0 Å². The van der Waals surface area contributed by atoms with Crippen molar-refractivity contribution in [3.63, 3.8) is 0 Å². The Morgan fingerprint density at radius 3 is 2.55 bits per heavy atom. The SMILES string of the molecule is NC(CC(=O)O)C(=O)Nc1cccc(OCC(=O)O)c1. The lowest BCUT2D eigenvalue weighted by atomic mass is 10.2. The number of hydrogen-bond donors (Lipinski definition) is 4. The minimum Gasteiger partial charge on any atom is -0.482 e. The molecule has 108 valence electrons. The van der Waals surface area contributed by atoms with Crippen LogP contribution in [0.25, 0.3) is 0 Å². The average molecular weight is 282 g/mol. The maximum Gasteiger partial charge on any atom is 0.341 e. The first-order chi connectivity index (χ1) is 9.38. The van der Waals surface area contributed by atoms with Crippen molar-refractivity contribution in [3.8, 4) is 5.75 Å². The van der Waals surface area contributed by atoms with E-state index in [2.05, 4.69) is 5.32 Å². The molecule has 0 fully saturated rings. The maximum absolute atomic E-state index is 11.6. The van der Waals surface area contributed by atoms with Crippen LogP contribution < -0.4 is 15.8 Å². The summed E-state index contributed by atoms with van der Waals surface area (Å²) >= 11 is 0. The summed E-state index contributed by atoms with van der Waals surface area (Å²) in [6, 6.07) is 4.86. The van der Waals surface area contributed by atoms with Crippen LogP contribution in [-0.4, -0.2) is 40.7 Å². The Morgan fingerprint density at radius 2 is 1.95 bits per heavy atom. The fourth-order valence-corrected chi connectivity index (χ4v) is 1.32. The van der Waals surface area contributed by atoms with E-state index in [1.165, 1.54) is 12.1 Å². The van der Waals surface area contributed by atoms with Gasteiger partial charge in [0.15, 0.2) is 6.61 Å². The monoisotopic (exact) mass is 282 g/mol. The van der Waals surface area contributed by atoms with Gasteiger partial charge in [-0.25, -0.2) is 4.79 Å². The van der Waals surface area contributed by atoms with Crippen molar-refractivity contribution in [2.75, 3.05) is 11.9 Å². The molecule has 0 heterocycles. The van der Waals surface area contributed by atoms with E-state index in [0.29, 0.717) is 5.69 Å². The minimum absolute atomic E-state index is 0.261. The van der Waals surface area contributed by atoms with Crippen molar-refractivity contribution in [1.82, 2.24) is 0 Å². The molecule has 0 aliphatic carbocycles. The summed E-state index contributed by atoms with van der Waals surface area (Å²) in [5.41, 5.74) is 5.73. The molecule has 5 N–H and O–H groups in total. The zero-order valence-corrected chi connectivity index (χ0v) is 10.4. The third kappa shape index (κ3) is 5.36. The first-order valence-electron chi connectivity index (χ1n) is 5.61. The fraction of sp³-hybridized carbons (Fsp3) is 0.250. The van der Waals surface area contributed by atoms with Crippen molar-refractivity contribution >= 4 is 23.5 Å². The highest BCUT2D eigenvalue weighted by Gasteiger charge is 2.17. The molecule has 0 saturated carbocycles. The average Bonchev–Trinajstić information content (AvgIpc) is 2.36. The van der Waals surface area contributed by atoms with E-state index in [9.17, 15) is 14.4 Å². The van der Waals surface area contributed by atoms with Gasteiger partial charge in [-0.1, -0.05) is 6.07 Å². The van der Waals surface area contributed by atoms with E-state index in [1.807, 2.05) is 0 Å². The Morgan fingerprint density at radius 1 is 1.25 bits per heavy atom. The predicted molar refractivity (Wildman–Crippen MR) is 68.4 cm³/mol. The summed E-state index contributed by atoms with van der Waals surface area (Å²) in [5, 5.41) is 19.4. The Hall–Kier alpha value is -2.61. The van der Waals surface area contributed by atoms with Gasteiger partial charge in [0.05, 0.1) is 12.5 Å².